The number of nitrogens with one attached hydrogen (secondary N) is 1. The third-order valence-corrected chi connectivity index (χ3v) is 1.94. The maximum absolute atomic E-state index is 11.2. The molecule has 0 aromatic rings. The minimum Gasteiger partial charge on any atom is -0.320 e. The number of ketones is 1. The van der Waals surface area contributed by atoms with Gasteiger partial charge in [-0.15, -0.1) is 0 Å². The molecule has 0 atom stereocenters. The molecule has 0 aliphatic carbocycles. The van der Waals surface area contributed by atoms with Gasteiger partial charge in [0.05, 0.1) is 0 Å². The molecule has 0 saturated heterocycles. The van der Waals surface area contributed by atoms with Gasteiger partial charge in [-0.05, 0) is 26.4 Å². The highest BCUT2D eigenvalue weighted by atomic mass is 16.1. The number of carbonyl (C=O) groups excluding carboxylic acids is 1. The van der Waals surface area contributed by atoms with Crippen LogP contribution < -0.4 is 5.32 Å². The van der Waals surface area contributed by atoms with Gasteiger partial charge >= 0.3 is 0 Å². The Morgan fingerprint density at radius 3 is 2.42 bits per heavy atom. The molecule has 0 heterocycles. The molecule has 72 valence electrons. The second kappa shape index (κ2) is 8.72. The van der Waals surface area contributed by atoms with Gasteiger partial charge in [-0.2, -0.15) is 0 Å². The minimum absolute atomic E-state index is 0.429. The lowest BCUT2D eigenvalue weighted by atomic mass is 10.1. The number of rotatable bonds is 8. The SMILES string of the molecule is CCCCCC(=O)CCCNC. The van der Waals surface area contributed by atoms with Crippen molar-refractivity contribution in [1.29, 1.82) is 0 Å². The van der Waals surface area contributed by atoms with Gasteiger partial charge in [0.15, 0.2) is 0 Å². The van der Waals surface area contributed by atoms with Crippen LogP contribution in [0.4, 0.5) is 0 Å². The van der Waals surface area contributed by atoms with Crippen molar-refractivity contribution >= 4 is 5.78 Å². The van der Waals surface area contributed by atoms with E-state index in [9.17, 15) is 4.79 Å². The molecule has 0 aromatic heterocycles. The van der Waals surface area contributed by atoms with Gasteiger partial charge in [-0.1, -0.05) is 19.8 Å². The van der Waals surface area contributed by atoms with E-state index in [1.54, 1.807) is 0 Å². The zero-order valence-corrected chi connectivity index (χ0v) is 8.36. The highest BCUT2D eigenvalue weighted by Crippen LogP contribution is 2.02. The third kappa shape index (κ3) is 7.73. The summed E-state index contributed by atoms with van der Waals surface area (Å²) in [6.07, 6.45) is 6.00. The highest BCUT2D eigenvalue weighted by Gasteiger charge is 1.99. The fourth-order valence-electron chi connectivity index (χ4n) is 1.16. The molecule has 0 aromatic carbocycles. The molecule has 0 amide bonds. The van der Waals surface area contributed by atoms with Crippen LogP contribution in [-0.4, -0.2) is 19.4 Å². The molecule has 0 bridgehead atoms. The fraction of sp³-hybridized carbons (Fsp3) is 0.900. The predicted octanol–water partition coefficient (Wildman–Crippen LogP) is 2.14. The summed E-state index contributed by atoms with van der Waals surface area (Å²) in [5, 5.41) is 3.04. The molecule has 2 nitrogen and oxygen atoms in total. The van der Waals surface area contributed by atoms with E-state index < -0.39 is 0 Å². The molecule has 0 aliphatic rings. The van der Waals surface area contributed by atoms with Crippen LogP contribution in [0.1, 0.15) is 45.4 Å². The number of Topliss-reactive ketones (excluding diaryl/α,β-unsaturated/α-hetero) is 1. The average molecular weight is 171 g/mol. The zero-order valence-electron chi connectivity index (χ0n) is 8.36. The molecule has 0 aliphatic heterocycles. The monoisotopic (exact) mass is 171 g/mol. The third-order valence-electron chi connectivity index (χ3n) is 1.94. The number of carbonyl (C=O) groups is 1. The molecule has 2 heteroatoms. The Bertz CT molecular complexity index is 100. The van der Waals surface area contributed by atoms with Gasteiger partial charge in [0, 0.05) is 12.8 Å². The van der Waals surface area contributed by atoms with Crippen molar-refractivity contribution in [2.45, 2.75) is 45.4 Å². The van der Waals surface area contributed by atoms with Crippen LogP contribution in [0.5, 0.6) is 0 Å². The Morgan fingerprint density at radius 2 is 1.83 bits per heavy atom. The van der Waals surface area contributed by atoms with Crippen LogP contribution in [0.3, 0.4) is 0 Å². The van der Waals surface area contributed by atoms with Crippen molar-refractivity contribution in [3.05, 3.63) is 0 Å². The summed E-state index contributed by atoms with van der Waals surface area (Å²) in [5.74, 6) is 0.429. The summed E-state index contributed by atoms with van der Waals surface area (Å²) in [6.45, 7) is 3.12. The average Bonchev–Trinajstić information content (AvgIpc) is 2.06. The normalized spacial score (nSPS) is 10.2. The molecular weight excluding hydrogens is 150 g/mol. The highest BCUT2D eigenvalue weighted by molar-refractivity contribution is 5.78. The molecule has 0 unspecified atom stereocenters. The first kappa shape index (κ1) is 11.6. The second-order valence-electron chi connectivity index (χ2n) is 3.20. The molecule has 1 N–H and O–H groups in total. The maximum atomic E-state index is 11.2. The van der Waals surface area contributed by atoms with Gasteiger partial charge in [-0.3, -0.25) is 4.79 Å². The maximum Gasteiger partial charge on any atom is 0.132 e. The van der Waals surface area contributed by atoms with Crippen molar-refractivity contribution in [2.24, 2.45) is 0 Å². The summed E-state index contributed by atoms with van der Waals surface area (Å²) in [5.41, 5.74) is 0. The Hall–Kier alpha value is -0.370. The number of hydrogen-bond donors (Lipinski definition) is 1. The first-order chi connectivity index (χ1) is 5.81. The van der Waals surface area contributed by atoms with Gasteiger partial charge in [-0.25, -0.2) is 0 Å². The van der Waals surface area contributed by atoms with Crippen LogP contribution in [0.2, 0.25) is 0 Å². The van der Waals surface area contributed by atoms with E-state index in [4.69, 9.17) is 0 Å². The summed E-state index contributed by atoms with van der Waals surface area (Å²) >= 11 is 0. The van der Waals surface area contributed by atoms with Gasteiger partial charge in [0.2, 0.25) is 0 Å². The summed E-state index contributed by atoms with van der Waals surface area (Å²) in [4.78, 5) is 11.2. The van der Waals surface area contributed by atoms with Crippen molar-refractivity contribution < 1.29 is 4.79 Å². The van der Waals surface area contributed by atoms with Crippen LogP contribution in [0.15, 0.2) is 0 Å². The lowest BCUT2D eigenvalue weighted by Crippen LogP contribution is -2.09. The van der Waals surface area contributed by atoms with Crippen LogP contribution in [0.25, 0.3) is 0 Å². The van der Waals surface area contributed by atoms with E-state index in [0.29, 0.717) is 5.78 Å². The first-order valence-electron chi connectivity index (χ1n) is 4.97. The van der Waals surface area contributed by atoms with E-state index in [-0.39, 0.29) is 0 Å². The predicted molar refractivity (Wildman–Crippen MR) is 52.3 cm³/mol. The van der Waals surface area contributed by atoms with E-state index in [1.165, 1.54) is 12.8 Å². The Morgan fingerprint density at radius 1 is 1.17 bits per heavy atom. The van der Waals surface area contributed by atoms with Crippen molar-refractivity contribution in [1.82, 2.24) is 5.32 Å². The van der Waals surface area contributed by atoms with Crippen molar-refractivity contribution in [3.8, 4) is 0 Å². The molecule has 12 heavy (non-hydrogen) atoms. The Labute approximate surface area is 75.7 Å². The molecule has 0 spiro atoms. The van der Waals surface area contributed by atoms with E-state index in [0.717, 1.165) is 32.2 Å². The number of unbranched alkanes of at least 4 members (excludes halogenated alkanes) is 2. The van der Waals surface area contributed by atoms with Crippen LogP contribution >= 0.6 is 0 Å². The molecule has 0 rings (SSSR count). The summed E-state index contributed by atoms with van der Waals surface area (Å²) < 4.78 is 0. The van der Waals surface area contributed by atoms with Crippen molar-refractivity contribution in [3.63, 3.8) is 0 Å². The topological polar surface area (TPSA) is 29.1 Å². The quantitative estimate of drug-likeness (QED) is 0.567. The largest absolute Gasteiger partial charge is 0.320 e. The van der Waals surface area contributed by atoms with E-state index in [2.05, 4.69) is 12.2 Å². The van der Waals surface area contributed by atoms with Gasteiger partial charge in [0.25, 0.3) is 0 Å². The van der Waals surface area contributed by atoms with Gasteiger partial charge in [0.1, 0.15) is 5.78 Å². The van der Waals surface area contributed by atoms with E-state index >= 15 is 0 Å². The fourth-order valence-corrected chi connectivity index (χ4v) is 1.16. The minimum atomic E-state index is 0.429. The second-order valence-corrected chi connectivity index (χ2v) is 3.20. The molecule has 0 radical (unpaired) electrons. The zero-order chi connectivity index (χ0) is 9.23. The molecular formula is C10H21NO. The lowest BCUT2D eigenvalue weighted by Gasteiger charge is -1.99. The van der Waals surface area contributed by atoms with Crippen LogP contribution in [-0.2, 0) is 4.79 Å². The number of hydrogen-bond acceptors (Lipinski definition) is 2. The van der Waals surface area contributed by atoms with Crippen LogP contribution in [0, 0.1) is 0 Å². The summed E-state index contributed by atoms with van der Waals surface area (Å²) in [7, 11) is 1.92. The van der Waals surface area contributed by atoms with Gasteiger partial charge < -0.3 is 5.32 Å². The standard InChI is InChI=1S/C10H21NO/c1-3-4-5-7-10(12)8-6-9-11-2/h11H,3-9H2,1-2H3. The Kier molecular flexibility index (Phi) is 8.46. The van der Waals surface area contributed by atoms with E-state index in [1.807, 2.05) is 7.05 Å². The Balaban J connectivity index is 3.10. The van der Waals surface area contributed by atoms with Crippen molar-refractivity contribution in [2.75, 3.05) is 13.6 Å². The first-order valence-corrected chi connectivity index (χ1v) is 4.97. The molecule has 0 fully saturated rings. The lowest BCUT2D eigenvalue weighted by molar-refractivity contribution is -0.119. The molecule has 0 saturated carbocycles. The smallest absolute Gasteiger partial charge is 0.132 e. The summed E-state index contributed by atoms with van der Waals surface area (Å²) in [6, 6.07) is 0.